The number of phenols is 1. The molecule has 0 amide bonds. The first-order valence-corrected chi connectivity index (χ1v) is 5.43. The Hall–Kier alpha value is -2.16. The zero-order chi connectivity index (χ0) is 12.1. The SMILES string of the molecule is O=CCc1cc(O)ccc1Cc1cccnc1. The number of aromatic hydroxyl groups is 1. The molecule has 2 rings (SSSR count). The minimum Gasteiger partial charge on any atom is -0.508 e. The van der Waals surface area contributed by atoms with Gasteiger partial charge in [-0.15, -0.1) is 0 Å². The molecule has 0 aliphatic carbocycles. The first-order valence-electron chi connectivity index (χ1n) is 5.43. The van der Waals surface area contributed by atoms with Crippen molar-refractivity contribution in [2.75, 3.05) is 0 Å². The third-order valence-electron chi connectivity index (χ3n) is 2.61. The molecule has 0 aliphatic rings. The number of hydrogen-bond donors (Lipinski definition) is 1. The molecule has 0 spiro atoms. The molecule has 0 aliphatic heterocycles. The molecular formula is C14H13NO2. The summed E-state index contributed by atoms with van der Waals surface area (Å²) in [5.74, 6) is 0.191. The number of aromatic nitrogens is 1. The molecule has 0 bridgehead atoms. The average Bonchev–Trinajstić information content (AvgIpc) is 2.34. The third kappa shape index (κ3) is 2.91. The second-order valence-electron chi connectivity index (χ2n) is 3.86. The highest BCUT2D eigenvalue weighted by molar-refractivity contribution is 5.57. The van der Waals surface area contributed by atoms with Gasteiger partial charge in [-0.05, 0) is 41.3 Å². The van der Waals surface area contributed by atoms with Gasteiger partial charge in [-0.2, -0.15) is 0 Å². The van der Waals surface area contributed by atoms with Gasteiger partial charge in [-0.25, -0.2) is 0 Å². The standard InChI is InChI=1S/C14H13NO2/c16-7-5-13-9-14(17)4-3-12(13)8-11-2-1-6-15-10-11/h1-4,6-7,9-10,17H,5,8H2. The average molecular weight is 227 g/mol. The van der Waals surface area contributed by atoms with Crippen molar-refractivity contribution in [3.63, 3.8) is 0 Å². The zero-order valence-electron chi connectivity index (χ0n) is 9.34. The smallest absolute Gasteiger partial charge is 0.124 e. The van der Waals surface area contributed by atoms with Gasteiger partial charge in [0.1, 0.15) is 12.0 Å². The van der Waals surface area contributed by atoms with Crippen LogP contribution in [0.4, 0.5) is 0 Å². The maximum absolute atomic E-state index is 10.6. The second-order valence-corrected chi connectivity index (χ2v) is 3.86. The normalized spacial score (nSPS) is 10.1. The molecule has 0 saturated heterocycles. The van der Waals surface area contributed by atoms with Crippen molar-refractivity contribution < 1.29 is 9.90 Å². The Morgan fingerprint density at radius 3 is 2.82 bits per heavy atom. The first kappa shape index (κ1) is 11.3. The molecule has 0 atom stereocenters. The van der Waals surface area contributed by atoms with Crippen LogP contribution < -0.4 is 0 Å². The van der Waals surface area contributed by atoms with Gasteiger partial charge >= 0.3 is 0 Å². The molecule has 3 nitrogen and oxygen atoms in total. The fourth-order valence-electron chi connectivity index (χ4n) is 1.79. The minimum absolute atomic E-state index is 0.191. The summed E-state index contributed by atoms with van der Waals surface area (Å²) in [6.07, 6.45) is 5.42. The number of carbonyl (C=O) groups is 1. The second kappa shape index (κ2) is 5.25. The molecule has 0 radical (unpaired) electrons. The van der Waals surface area contributed by atoms with Gasteiger partial charge in [0.2, 0.25) is 0 Å². The number of benzene rings is 1. The zero-order valence-corrected chi connectivity index (χ0v) is 9.34. The number of phenolic OH excluding ortho intramolecular Hbond substituents is 1. The van der Waals surface area contributed by atoms with Crippen molar-refractivity contribution in [2.24, 2.45) is 0 Å². The van der Waals surface area contributed by atoms with Gasteiger partial charge < -0.3 is 9.90 Å². The van der Waals surface area contributed by atoms with Crippen LogP contribution >= 0.6 is 0 Å². The van der Waals surface area contributed by atoms with Gasteiger partial charge in [0.05, 0.1) is 0 Å². The van der Waals surface area contributed by atoms with Crippen molar-refractivity contribution in [2.45, 2.75) is 12.8 Å². The number of carbonyl (C=O) groups excluding carboxylic acids is 1. The fourth-order valence-corrected chi connectivity index (χ4v) is 1.79. The van der Waals surface area contributed by atoms with Crippen LogP contribution in [0.25, 0.3) is 0 Å². The maximum atomic E-state index is 10.6. The Morgan fingerprint density at radius 2 is 2.12 bits per heavy atom. The third-order valence-corrected chi connectivity index (χ3v) is 2.61. The van der Waals surface area contributed by atoms with Gasteiger partial charge in [-0.1, -0.05) is 12.1 Å². The number of pyridine rings is 1. The molecule has 1 aromatic heterocycles. The van der Waals surface area contributed by atoms with Gasteiger partial charge in [0.25, 0.3) is 0 Å². The number of aldehydes is 1. The Labute approximate surface area is 99.8 Å². The summed E-state index contributed by atoms with van der Waals surface area (Å²) in [4.78, 5) is 14.7. The molecule has 1 aromatic carbocycles. The van der Waals surface area contributed by atoms with E-state index in [0.29, 0.717) is 6.42 Å². The largest absolute Gasteiger partial charge is 0.508 e. The van der Waals surface area contributed by atoms with E-state index in [9.17, 15) is 9.90 Å². The summed E-state index contributed by atoms with van der Waals surface area (Å²) in [5, 5.41) is 9.40. The Bertz CT molecular complexity index is 509. The van der Waals surface area contributed by atoms with Crippen LogP contribution in [0.2, 0.25) is 0 Å². The Kier molecular flexibility index (Phi) is 3.50. The summed E-state index contributed by atoms with van der Waals surface area (Å²) in [6, 6.07) is 9.00. The van der Waals surface area contributed by atoms with E-state index in [4.69, 9.17) is 0 Å². The molecule has 3 heteroatoms. The fraction of sp³-hybridized carbons (Fsp3) is 0.143. The van der Waals surface area contributed by atoms with Gasteiger partial charge in [-0.3, -0.25) is 4.98 Å². The van der Waals surface area contributed by atoms with E-state index in [-0.39, 0.29) is 5.75 Å². The van der Waals surface area contributed by atoms with E-state index < -0.39 is 0 Å². The van der Waals surface area contributed by atoms with Crippen LogP contribution in [0.5, 0.6) is 5.75 Å². The highest BCUT2D eigenvalue weighted by atomic mass is 16.3. The summed E-state index contributed by atoms with van der Waals surface area (Å²) >= 11 is 0. The van der Waals surface area contributed by atoms with E-state index in [1.54, 1.807) is 24.5 Å². The summed E-state index contributed by atoms with van der Waals surface area (Å²) < 4.78 is 0. The molecule has 0 unspecified atom stereocenters. The molecule has 1 N–H and O–H groups in total. The van der Waals surface area contributed by atoms with E-state index in [2.05, 4.69) is 4.98 Å². The van der Waals surface area contributed by atoms with Gasteiger partial charge in [0, 0.05) is 18.8 Å². The number of nitrogens with zero attached hydrogens (tertiary/aromatic N) is 1. The van der Waals surface area contributed by atoms with Crippen LogP contribution in [-0.2, 0) is 17.6 Å². The topological polar surface area (TPSA) is 50.2 Å². The Balaban J connectivity index is 2.29. The van der Waals surface area contributed by atoms with Crippen molar-refractivity contribution >= 4 is 6.29 Å². The molecule has 0 saturated carbocycles. The predicted octanol–water partition coefficient (Wildman–Crippen LogP) is 2.12. The molecular weight excluding hydrogens is 214 g/mol. The first-order chi connectivity index (χ1) is 8.29. The molecule has 86 valence electrons. The monoisotopic (exact) mass is 227 g/mol. The molecule has 2 aromatic rings. The van der Waals surface area contributed by atoms with Crippen LogP contribution in [0.15, 0.2) is 42.7 Å². The molecule has 1 heterocycles. The van der Waals surface area contributed by atoms with Crippen LogP contribution in [-0.4, -0.2) is 16.4 Å². The van der Waals surface area contributed by atoms with Crippen molar-refractivity contribution in [3.05, 3.63) is 59.4 Å². The van der Waals surface area contributed by atoms with Crippen molar-refractivity contribution in [1.82, 2.24) is 4.98 Å². The summed E-state index contributed by atoms with van der Waals surface area (Å²) in [7, 11) is 0. The van der Waals surface area contributed by atoms with Crippen LogP contribution in [0, 0.1) is 0 Å². The molecule has 17 heavy (non-hydrogen) atoms. The summed E-state index contributed by atoms with van der Waals surface area (Å²) in [6.45, 7) is 0. The van der Waals surface area contributed by atoms with Crippen molar-refractivity contribution in [1.29, 1.82) is 0 Å². The van der Waals surface area contributed by atoms with E-state index in [1.165, 1.54) is 0 Å². The van der Waals surface area contributed by atoms with E-state index in [0.717, 1.165) is 29.4 Å². The van der Waals surface area contributed by atoms with Crippen molar-refractivity contribution in [3.8, 4) is 5.75 Å². The Morgan fingerprint density at radius 1 is 1.24 bits per heavy atom. The van der Waals surface area contributed by atoms with Crippen LogP contribution in [0.1, 0.15) is 16.7 Å². The predicted molar refractivity (Wildman–Crippen MR) is 64.9 cm³/mol. The number of hydrogen-bond acceptors (Lipinski definition) is 3. The van der Waals surface area contributed by atoms with Crippen LogP contribution in [0.3, 0.4) is 0 Å². The number of rotatable bonds is 4. The van der Waals surface area contributed by atoms with E-state index in [1.807, 2.05) is 18.2 Å². The highest BCUT2D eigenvalue weighted by Crippen LogP contribution is 2.19. The molecule has 0 fully saturated rings. The lowest BCUT2D eigenvalue weighted by molar-refractivity contribution is -0.107. The lowest BCUT2D eigenvalue weighted by Crippen LogP contribution is -1.97. The lowest BCUT2D eigenvalue weighted by atomic mass is 9.99. The quantitative estimate of drug-likeness (QED) is 0.814. The maximum Gasteiger partial charge on any atom is 0.124 e. The van der Waals surface area contributed by atoms with E-state index >= 15 is 0 Å². The lowest BCUT2D eigenvalue weighted by Gasteiger charge is -2.07. The minimum atomic E-state index is 0.191. The van der Waals surface area contributed by atoms with Gasteiger partial charge in [0.15, 0.2) is 0 Å². The highest BCUT2D eigenvalue weighted by Gasteiger charge is 2.04. The summed E-state index contributed by atoms with van der Waals surface area (Å²) in [5.41, 5.74) is 3.00.